The van der Waals surface area contributed by atoms with Crippen LogP contribution >= 0.6 is 0 Å². The van der Waals surface area contributed by atoms with Gasteiger partial charge in [-0.05, 0) is 38.2 Å². The van der Waals surface area contributed by atoms with Gasteiger partial charge in [0.15, 0.2) is 0 Å². The van der Waals surface area contributed by atoms with Crippen molar-refractivity contribution in [3.05, 3.63) is 12.2 Å². The van der Waals surface area contributed by atoms with E-state index in [1.54, 1.807) is 0 Å². The number of hydrogen-bond acceptors (Lipinski definition) is 3. The molecule has 20 heavy (non-hydrogen) atoms. The SMILES string of the molecule is O=C(O)CC1(C2CC=CC=N2)CCOC2(CCCC2)C1. The number of aliphatic imine (C=N–C) groups is 1. The van der Waals surface area contributed by atoms with E-state index in [4.69, 9.17) is 4.74 Å². The van der Waals surface area contributed by atoms with Gasteiger partial charge in [-0.3, -0.25) is 9.79 Å². The summed E-state index contributed by atoms with van der Waals surface area (Å²) in [5.41, 5.74) is -0.292. The molecule has 2 fully saturated rings. The summed E-state index contributed by atoms with van der Waals surface area (Å²) in [4.78, 5) is 16.0. The number of rotatable bonds is 3. The Balaban J connectivity index is 1.86. The van der Waals surface area contributed by atoms with Crippen LogP contribution in [0, 0.1) is 5.41 Å². The topological polar surface area (TPSA) is 58.9 Å². The first kappa shape index (κ1) is 13.8. The third-order valence-corrected chi connectivity index (χ3v) is 5.25. The van der Waals surface area contributed by atoms with E-state index in [-0.39, 0.29) is 23.5 Å². The molecule has 1 aliphatic carbocycles. The molecule has 0 aromatic heterocycles. The van der Waals surface area contributed by atoms with Gasteiger partial charge < -0.3 is 9.84 Å². The molecule has 4 nitrogen and oxygen atoms in total. The molecular weight excluding hydrogens is 254 g/mol. The standard InChI is InChI=1S/C16H23NO3/c18-14(19)11-15(13-5-1-4-9-17-13)8-10-20-16(12-15)6-2-3-7-16/h1,4,9,13H,2-3,5-8,10-12H2,(H,18,19). The largest absolute Gasteiger partial charge is 0.481 e. The zero-order valence-electron chi connectivity index (χ0n) is 11.9. The predicted molar refractivity (Wildman–Crippen MR) is 77.1 cm³/mol. The molecular formula is C16H23NO3. The van der Waals surface area contributed by atoms with E-state index in [9.17, 15) is 9.90 Å². The minimum atomic E-state index is -0.704. The number of aliphatic carboxylic acids is 1. The lowest BCUT2D eigenvalue weighted by molar-refractivity contribution is -0.153. The van der Waals surface area contributed by atoms with Gasteiger partial charge in [0.1, 0.15) is 0 Å². The minimum Gasteiger partial charge on any atom is -0.481 e. The second-order valence-electron chi connectivity index (χ2n) is 6.58. The first-order chi connectivity index (χ1) is 9.64. The van der Waals surface area contributed by atoms with E-state index in [1.165, 1.54) is 12.8 Å². The molecule has 3 aliphatic rings. The van der Waals surface area contributed by atoms with Crippen molar-refractivity contribution in [2.45, 2.75) is 63.0 Å². The number of nitrogens with zero attached hydrogens (tertiary/aromatic N) is 1. The summed E-state index contributed by atoms with van der Waals surface area (Å²) in [5, 5.41) is 9.38. The van der Waals surface area contributed by atoms with Crippen LogP contribution in [0.4, 0.5) is 0 Å². The van der Waals surface area contributed by atoms with E-state index in [0.29, 0.717) is 6.61 Å². The highest BCUT2D eigenvalue weighted by molar-refractivity contribution is 5.72. The molecule has 2 unspecified atom stereocenters. The lowest BCUT2D eigenvalue weighted by atomic mass is 9.65. The van der Waals surface area contributed by atoms with E-state index < -0.39 is 5.97 Å². The summed E-state index contributed by atoms with van der Waals surface area (Å²) in [5.74, 6) is -0.704. The van der Waals surface area contributed by atoms with Crippen LogP contribution in [0.15, 0.2) is 17.1 Å². The number of hydrogen-bond donors (Lipinski definition) is 1. The number of carbonyl (C=O) groups is 1. The number of carboxylic acids is 1. The molecule has 1 spiro atoms. The first-order valence-corrected chi connectivity index (χ1v) is 7.68. The van der Waals surface area contributed by atoms with Gasteiger partial charge in [-0.1, -0.05) is 18.9 Å². The van der Waals surface area contributed by atoms with E-state index in [1.807, 2.05) is 12.3 Å². The summed E-state index contributed by atoms with van der Waals surface area (Å²) in [7, 11) is 0. The van der Waals surface area contributed by atoms with Gasteiger partial charge in [0.25, 0.3) is 0 Å². The molecule has 2 aliphatic heterocycles. The lowest BCUT2D eigenvalue weighted by Crippen LogP contribution is -2.49. The molecule has 4 heteroatoms. The lowest BCUT2D eigenvalue weighted by Gasteiger charge is -2.48. The van der Waals surface area contributed by atoms with Crippen molar-refractivity contribution in [1.82, 2.24) is 0 Å². The fourth-order valence-corrected chi connectivity index (χ4v) is 4.34. The van der Waals surface area contributed by atoms with Crippen LogP contribution in [0.1, 0.15) is 51.4 Å². The molecule has 0 aromatic rings. The normalized spacial score (nSPS) is 35.5. The summed E-state index contributed by atoms with van der Waals surface area (Å²) in [6.07, 6.45) is 13.2. The summed E-state index contributed by atoms with van der Waals surface area (Å²) < 4.78 is 6.09. The monoisotopic (exact) mass is 277 g/mol. The molecule has 1 N–H and O–H groups in total. The summed E-state index contributed by atoms with van der Waals surface area (Å²) in [6, 6.07) is 0.102. The van der Waals surface area contributed by atoms with Crippen molar-refractivity contribution in [1.29, 1.82) is 0 Å². The van der Waals surface area contributed by atoms with Crippen LogP contribution in [-0.4, -0.2) is 35.5 Å². The molecule has 0 amide bonds. The Morgan fingerprint density at radius 1 is 1.35 bits per heavy atom. The fourth-order valence-electron chi connectivity index (χ4n) is 4.34. The first-order valence-electron chi connectivity index (χ1n) is 7.68. The molecule has 3 rings (SSSR count). The van der Waals surface area contributed by atoms with Crippen molar-refractivity contribution in [2.75, 3.05) is 6.61 Å². The van der Waals surface area contributed by atoms with Crippen LogP contribution in [0.2, 0.25) is 0 Å². The number of carboxylic acid groups (broad SMARTS) is 1. The summed E-state index contributed by atoms with van der Waals surface area (Å²) in [6.45, 7) is 0.684. The zero-order valence-corrected chi connectivity index (χ0v) is 11.9. The van der Waals surface area contributed by atoms with Crippen molar-refractivity contribution in [3.8, 4) is 0 Å². The van der Waals surface area contributed by atoms with Crippen molar-refractivity contribution in [3.63, 3.8) is 0 Å². The maximum absolute atomic E-state index is 11.4. The number of ether oxygens (including phenoxy) is 1. The highest BCUT2D eigenvalue weighted by Gasteiger charge is 2.51. The Labute approximate surface area is 119 Å². The Morgan fingerprint density at radius 3 is 2.80 bits per heavy atom. The average molecular weight is 277 g/mol. The molecule has 1 saturated carbocycles. The van der Waals surface area contributed by atoms with Crippen LogP contribution in [0.3, 0.4) is 0 Å². The molecule has 2 heterocycles. The molecule has 0 radical (unpaired) electrons. The predicted octanol–water partition coefficient (Wildman–Crippen LogP) is 2.97. The molecule has 0 bridgehead atoms. The molecule has 0 aromatic carbocycles. The van der Waals surface area contributed by atoms with Crippen LogP contribution < -0.4 is 0 Å². The fraction of sp³-hybridized carbons (Fsp3) is 0.750. The van der Waals surface area contributed by atoms with Crippen molar-refractivity contribution < 1.29 is 14.6 Å². The van der Waals surface area contributed by atoms with Crippen LogP contribution in [-0.2, 0) is 9.53 Å². The second-order valence-corrected chi connectivity index (χ2v) is 6.58. The summed E-state index contributed by atoms with van der Waals surface area (Å²) >= 11 is 0. The molecule has 1 saturated heterocycles. The third-order valence-electron chi connectivity index (χ3n) is 5.25. The van der Waals surface area contributed by atoms with Gasteiger partial charge in [-0.2, -0.15) is 0 Å². The highest BCUT2D eigenvalue weighted by atomic mass is 16.5. The molecule has 110 valence electrons. The van der Waals surface area contributed by atoms with Crippen LogP contribution in [0.5, 0.6) is 0 Å². The Kier molecular flexibility index (Phi) is 3.67. The maximum atomic E-state index is 11.4. The quantitative estimate of drug-likeness (QED) is 0.862. The van der Waals surface area contributed by atoms with E-state index in [0.717, 1.165) is 32.1 Å². The van der Waals surface area contributed by atoms with Gasteiger partial charge in [0.2, 0.25) is 0 Å². The molecule has 2 atom stereocenters. The zero-order chi connectivity index (χ0) is 14.1. The number of dihydropyridines is 1. The third kappa shape index (κ3) is 2.53. The number of allylic oxidation sites excluding steroid dienone is 1. The Hall–Kier alpha value is -1.16. The van der Waals surface area contributed by atoms with Gasteiger partial charge in [0.05, 0.1) is 18.1 Å². The maximum Gasteiger partial charge on any atom is 0.303 e. The average Bonchev–Trinajstić information content (AvgIpc) is 2.87. The smallest absolute Gasteiger partial charge is 0.303 e. The second kappa shape index (κ2) is 5.32. The minimum absolute atomic E-state index is 0.0651. The van der Waals surface area contributed by atoms with Gasteiger partial charge in [0, 0.05) is 18.2 Å². The van der Waals surface area contributed by atoms with E-state index in [2.05, 4.69) is 11.1 Å². The Morgan fingerprint density at radius 2 is 2.15 bits per heavy atom. The van der Waals surface area contributed by atoms with Crippen molar-refractivity contribution in [2.24, 2.45) is 10.4 Å². The Bertz CT molecular complexity index is 437. The van der Waals surface area contributed by atoms with Crippen LogP contribution in [0.25, 0.3) is 0 Å². The van der Waals surface area contributed by atoms with E-state index >= 15 is 0 Å². The van der Waals surface area contributed by atoms with Gasteiger partial charge >= 0.3 is 5.97 Å². The van der Waals surface area contributed by atoms with Gasteiger partial charge in [-0.15, -0.1) is 0 Å². The van der Waals surface area contributed by atoms with Gasteiger partial charge in [-0.25, -0.2) is 0 Å². The highest BCUT2D eigenvalue weighted by Crippen LogP contribution is 2.52. The van der Waals surface area contributed by atoms with Crippen molar-refractivity contribution >= 4 is 12.2 Å².